The van der Waals surface area contributed by atoms with Crippen molar-refractivity contribution in [2.75, 3.05) is 11.1 Å². The Morgan fingerprint density at radius 3 is 2.94 bits per heavy atom. The molecule has 3 N–H and O–H groups in total. The maximum Gasteiger partial charge on any atom is 0.332 e. The van der Waals surface area contributed by atoms with Gasteiger partial charge in [-0.15, -0.1) is 0 Å². The predicted molar refractivity (Wildman–Crippen MR) is 61.7 cm³/mol. The molecule has 2 aromatic rings. The predicted octanol–water partition coefficient (Wildman–Crippen LogP) is 0.876. The van der Waals surface area contributed by atoms with Gasteiger partial charge in [0.05, 0.1) is 11.5 Å². The lowest BCUT2D eigenvalue weighted by Gasteiger charge is -2.06. The largest absolute Gasteiger partial charge is 0.368 e. The van der Waals surface area contributed by atoms with Crippen molar-refractivity contribution in [2.24, 2.45) is 0 Å². The first-order chi connectivity index (χ1) is 8.58. The molecule has 0 amide bonds. The molecule has 0 atom stereocenters. The van der Waals surface area contributed by atoms with Crippen molar-refractivity contribution in [1.29, 1.82) is 0 Å². The van der Waals surface area contributed by atoms with E-state index in [1.165, 1.54) is 13.2 Å². The number of nitrogens with one attached hydrogen (secondary N) is 1. The molecule has 2 rings (SSSR count). The SMILES string of the molecule is Cc1nc(N)nc(NCc2ccon2)c1[N+](=O)[O-]. The van der Waals surface area contributed by atoms with Crippen LogP contribution in [0.1, 0.15) is 11.4 Å². The standard InChI is InChI=1S/C9H10N6O3/c1-5-7(15(16)17)8(13-9(10)12-5)11-4-6-2-3-18-14-6/h2-3H,4H2,1H3,(H3,10,11,12,13). The van der Waals surface area contributed by atoms with Crippen LogP contribution in [0.5, 0.6) is 0 Å². The Labute approximate surface area is 101 Å². The second-order valence-corrected chi connectivity index (χ2v) is 3.47. The van der Waals surface area contributed by atoms with Gasteiger partial charge >= 0.3 is 5.69 Å². The summed E-state index contributed by atoms with van der Waals surface area (Å²) in [7, 11) is 0. The van der Waals surface area contributed by atoms with Gasteiger partial charge in [-0.2, -0.15) is 4.98 Å². The zero-order valence-corrected chi connectivity index (χ0v) is 9.45. The smallest absolute Gasteiger partial charge is 0.332 e. The molecule has 18 heavy (non-hydrogen) atoms. The quantitative estimate of drug-likeness (QED) is 0.603. The number of nitrogens with zero attached hydrogens (tertiary/aromatic N) is 4. The summed E-state index contributed by atoms with van der Waals surface area (Å²) in [5.41, 5.74) is 6.06. The topological polar surface area (TPSA) is 133 Å². The minimum Gasteiger partial charge on any atom is -0.368 e. The van der Waals surface area contributed by atoms with E-state index in [1.807, 2.05) is 0 Å². The second-order valence-electron chi connectivity index (χ2n) is 3.47. The van der Waals surface area contributed by atoms with Crippen molar-refractivity contribution >= 4 is 17.5 Å². The lowest BCUT2D eigenvalue weighted by molar-refractivity contribution is -0.385. The average molecular weight is 250 g/mol. The maximum absolute atomic E-state index is 10.9. The van der Waals surface area contributed by atoms with Crippen LogP contribution in [0, 0.1) is 17.0 Å². The van der Waals surface area contributed by atoms with Crippen molar-refractivity contribution in [3.05, 3.63) is 33.8 Å². The summed E-state index contributed by atoms with van der Waals surface area (Å²) in [5, 5.41) is 17.4. The summed E-state index contributed by atoms with van der Waals surface area (Å²) >= 11 is 0. The van der Waals surface area contributed by atoms with Crippen molar-refractivity contribution in [3.63, 3.8) is 0 Å². The Morgan fingerprint density at radius 2 is 2.33 bits per heavy atom. The summed E-state index contributed by atoms with van der Waals surface area (Å²) in [6.07, 6.45) is 1.41. The molecule has 0 aromatic carbocycles. The maximum atomic E-state index is 10.9. The molecular weight excluding hydrogens is 240 g/mol. The highest BCUT2D eigenvalue weighted by Gasteiger charge is 2.21. The zero-order chi connectivity index (χ0) is 13.1. The van der Waals surface area contributed by atoms with E-state index in [9.17, 15) is 10.1 Å². The van der Waals surface area contributed by atoms with Gasteiger partial charge in [-0.05, 0) is 6.92 Å². The molecule has 9 nitrogen and oxygen atoms in total. The fourth-order valence-electron chi connectivity index (χ4n) is 1.43. The van der Waals surface area contributed by atoms with Crippen molar-refractivity contribution in [2.45, 2.75) is 13.5 Å². The summed E-state index contributed by atoms with van der Waals surface area (Å²) in [4.78, 5) is 17.9. The number of hydrogen-bond acceptors (Lipinski definition) is 8. The third-order valence-corrected chi connectivity index (χ3v) is 2.19. The Balaban J connectivity index is 2.28. The van der Waals surface area contributed by atoms with Crippen molar-refractivity contribution in [3.8, 4) is 0 Å². The van der Waals surface area contributed by atoms with E-state index >= 15 is 0 Å². The van der Waals surface area contributed by atoms with Gasteiger partial charge in [0.25, 0.3) is 0 Å². The normalized spacial score (nSPS) is 10.3. The molecule has 0 unspecified atom stereocenters. The molecule has 2 heterocycles. The highest BCUT2D eigenvalue weighted by Crippen LogP contribution is 2.25. The molecule has 0 spiro atoms. The van der Waals surface area contributed by atoms with Gasteiger partial charge in [0.2, 0.25) is 11.8 Å². The third-order valence-electron chi connectivity index (χ3n) is 2.19. The van der Waals surface area contributed by atoms with E-state index in [0.717, 1.165) is 0 Å². The monoisotopic (exact) mass is 250 g/mol. The number of nitrogens with two attached hydrogens (primary N) is 1. The molecule has 0 saturated carbocycles. The fraction of sp³-hybridized carbons (Fsp3) is 0.222. The number of anilines is 2. The first-order valence-corrected chi connectivity index (χ1v) is 4.99. The van der Waals surface area contributed by atoms with Gasteiger partial charge in [0, 0.05) is 6.07 Å². The second kappa shape index (κ2) is 4.65. The van der Waals surface area contributed by atoms with Gasteiger partial charge in [-0.1, -0.05) is 5.16 Å². The molecule has 2 aromatic heterocycles. The number of nitro groups is 1. The van der Waals surface area contributed by atoms with Crippen LogP contribution in [-0.2, 0) is 6.54 Å². The molecule has 94 valence electrons. The van der Waals surface area contributed by atoms with E-state index in [-0.39, 0.29) is 29.7 Å². The molecule has 0 radical (unpaired) electrons. The van der Waals surface area contributed by atoms with Crippen LogP contribution in [0.15, 0.2) is 16.9 Å². The first-order valence-electron chi connectivity index (χ1n) is 4.99. The average Bonchev–Trinajstić information content (AvgIpc) is 2.77. The molecule has 0 aliphatic rings. The van der Waals surface area contributed by atoms with E-state index in [2.05, 4.69) is 25.0 Å². The van der Waals surface area contributed by atoms with E-state index in [1.54, 1.807) is 6.07 Å². The van der Waals surface area contributed by atoms with Gasteiger partial charge < -0.3 is 15.6 Å². The Hall–Kier alpha value is -2.71. The van der Waals surface area contributed by atoms with Crippen LogP contribution in [0.3, 0.4) is 0 Å². The lowest BCUT2D eigenvalue weighted by atomic mass is 10.3. The molecule has 0 aliphatic heterocycles. The van der Waals surface area contributed by atoms with Gasteiger partial charge in [0.1, 0.15) is 17.7 Å². The lowest BCUT2D eigenvalue weighted by Crippen LogP contribution is -2.09. The van der Waals surface area contributed by atoms with Crippen LogP contribution in [0.25, 0.3) is 0 Å². The molecule has 0 bridgehead atoms. The summed E-state index contributed by atoms with van der Waals surface area (Å²) < 4.78 is 4.65. The number of hydrogen-bond donors (Lipinski definition) is 2. The molecular formula is C9H10N6O3. The Morgan fingerprint density at radius 1 is 1.56 bits per heavy atom. The van der Waals surface area contributed by atoms with E-state index in [0.29, 0.717) is 5.69 Å². The molecule has 9 heteroatoms. The Kier molecular flexibility index (Phi) is 3.04. The number of aryl methyl sites for hydroxylation is 1. The highest BCUT2D eigenvalue weighted by atomic mass is 16.6. The van der Waals surface area contributed by atoms with Crippen molar-refractivity contribution < 1.29 is 9.45 Å². The zero-order valence-electron chi connectivity index (χ0n) is 9.45. The fourth-order valence-corrected chi connectivity index (χ4v) is 1.43. The van der Waals surface area contributed by atoms with Crippen LogP contribution >= 0.6 is 0 Å². The van der Waals surface area contributed by atoms with E-state index in [4.69, 9.17) is 5.73 Å². The number of nitrogen functional groups attached to an aromatic ring is 1. The van der Waals surface area contributed by atoms with Gasteiger partial charge in [-0.3, -0.25) is 10.1 Å². The van der Waals surface area contributed by atoms with Gasteiger partial charge in [-0.25, -0.2) is 4.98 Å². The molecule has 0 saturated heterocycles. The first kappa shape index (κ1) is 11.8. The minimum atomic E-state index is -0.556. The van der Waals surface area contributed by atoms with E-state index < -0.39 is 4.92 Å². The summed E-state index contributed by atoms with van der Waals surface area (Å²) in [5.74, 6) is 0.0359. The minimum absolute atomic E-state index is 0.0271. The number of aromatic nitrogens is 3. The van der Waals surface area contributed by atoms with Crippen LogP contribution < -0.4 is 11.1 Å². The van der Waals surface area contributed by atoms with Gasteiger partial charge in [0.15, 0.2) is 0 Å². The summed E-state index contributed by atoms with van der Waals surface area (Å²) in [6.45, 7) is 1.74. The molecule has 0 aliphatic carbocycles. The highest BCUT2D eigenvalue weighted by molar-refractivity contribution is 5.60. The van der Waals surface area contributed by atoms with Crippen LogP contribution in [-0.4, -0.2) is 20.0 Å². The summed E-state index contributed by atoms with van der Waals surface area (Å²) in [6, 6.07) is 1.64. The Bertz CT molecular complexity index is 568. The van der Waals surface area contributed by atoms with Crippen LogP contribution in [0.4, 0.5) is 17.5 Å². The van der Waals surface area contributed by atoms with Crippen molar-refractivity contribution in [1.82, 2.24) is 15.1 Å². The number of rotatable bonds is 4. The molecule has 0 fully saturated rings. The van der Waals surface area contributed by atoms with Crippen LogP contribution in [0.2, 0.25) is 0 Å². The third kappa shape index (κ3) is 2.34.